The molecule has 15 heteroatoms. The van der Waals surface area contributed by atoms with Gasteiger partial charge in [-0.05, 0) is 18.8 Å². The Morgan fingerprint density at radius 1 is 0.889 bits per heavy atom. The first-order valence-corrected chi connectivity index (χ1v) is 10.5. The van der Waals surface area contributed by atoms with Crippen LogP contribution in [-0.2, 0) is 29.2 Å². The topological polar surface area (TPSA) is 94.6 Å². The second kappa shape index (κ2) is 8.09. The Hall–Kier alpha value is -1.12. The molecule has 0 amide bonds. The van der Waals surface area contributed by atoms with Crippen LogP contribution in [0.3, 0.4) is 0 Å². The van der Waals surface area contributed by atoms with Crippen molar-refractivity contribution in [3.05, 3.63) is 0 Å². The maximum Gasteiger partial charge on any atom is 0.498 e. The summed E-state index contributed by atoms with van der Waals surface area (Å²) in [5.74, 6) is -2.77. The highest BCUT2D eigenvalue weighted by molar-refractivity contribution is 8.10. The second-order valence-electron chi connectivity index (χ2n) is 5.89. The van der Waals surface area contributed by atoms with E-state index in [9.17, 15) is 52.4 Å². The summed E-state index contributed by atoms with van der Waals surface area (Å²) in [5.41, 5.74) is -13.1. The molecule has 1 saturated carbocycles. The average Bonchev–Trinajstić information content (AvgIpc) is 2.50. The zero-order valence-electron chi connectivity index (χ0n) is 13.4. The number of halogens is 7. The molecule has 6 nitrogen and oxygen atoms in total. The number of sulfone groups is 2. The van der Waals surface area contributed by atoms with E-state index in [4.69, 9.17) is 0 Å². The number of hydrogen-bond acceptors (Lipinski definition) is 6. The first kappa shape index (κ1) is 23.9. The van der Waals surface area contributed by atoms with Gasteiger partial charge in [0.1, 0.15) is 0 Å². The van der Waals surface area contributed by atoms with Crippen molar-refractivity contribution in [1.82, 2.24) is 0 Å². The van der Waals surface area contributed by atoms with Gasteiger partial charge in [0.25, 0.3) is 19.7 Å². The molecule has 0 radical (unpaired) electrons. The van der Waals surface area contributed by atoms with Crippen molar-refractivity contribution < 1.29 is 57.1 Å². The summed E-state index contributed by atoms with van der Waals surface area (Å²) in [5, 5.41) is 0. The molecule has 1 aliphatic carbocycles. The Labute approximate surface area is 149 Å². The van der Waals surface area contributed by atoms with Gasteiger partial charge in [0, 0.05) is 0 Å². The standard InChI is InChI=1S/C12H15F7O6S2/c13-8(9(20)25-6-7-4-2-1-3-5-7)10(26(21,22)11(14,15)16)27(23,24)12(17,18)19/h7-8,10H,1-6H2. The van der Waals surface area contributed by atoms with Crippen LogP contribution in [0.15, 0.2) is 0 Å². The Bertz CT molecular complexity index is 691. The zero-order chi connectivity index (χ0) is 21.3. The highest BCUT2D eigenvalue weighted by Crippen LogP contribution is 2.38. The van der Waals surface area contributed by atoms with Crippen LogP contribution >= 0.6 is 0 Å². The summed E-state index contributed by atoms with van der Waals surface area (Å²) >= 11 is 0. The fraction of sp³-hybridized carbons (Fsp3) is 0.917. The second-order valence-corrected chi connectivity index (χ2v) is 10.3. The molecule has 1 unspecified atom stereocenters. The van der Waals surface area contributed by atoms with Crippen molar-refractivity contribution in [3.63, 3.8) is 0 Å². The van der Waals surface area contributed by atoms with E-state index in [1.165, 1.54) is 0 Å². The van der Waals surface area contributed by atoms with Gasteiger partial charge in [0.15, 0.2) is 0 Å². The summed E-state index contributed by atoms with van der Waals surface area (Å²) < 4.78 is 134. The van der Waals surface area contributed by atoms with Gasteiger partial charge in [-0.3, -0.25) is 0 Å². The van der Waals surface area contributed by atoms with E-state index < -0.39 is 54.0 Å². The fourth-order valence-corrected chi connectivity index (χ4v) is 5.86. The maximum atomic E-state index is 14.0. The van der Waals surface area contributed by atoms with E-state index in [0.717, 1.165) is 6.42 Å². The minimum absolute atomic E-state index is 0.341. The molecule has 0 N–H and O–H groups in total. The van der Waals surface area contributed by atoms with Crippen LogP contribution < -0.4 is 0 Å². The zero-order valence-corrected chi connectivity index (χ0v) is 15.0. The van der Waals surface area contributed by atoms with E-state index in [-0.39, 0.29) is 5.92 Å². The first-order valence-electron chi connectivity index (χ1n) is 7.44. The Kier molecular flexibility index (Phi) is 7.17. The van der Waals surface area contributed by atoms with Gasteiger partial charge < -0.3 is 4.74 Å². The van der Waals surface area contributed by atoms with Crippen LogP contribution in [0.5, 0.6) is 0 Å². The number of alkyl halides is 7. The van der Waals surface area contributed by atoms with Gasteiger partial charge in [0.05, 0.1) is 6.61 Å². The lowest BCUT2D eigenvalue weighted by molar-refractivity contribution is -0.151. The summed E-state index contributed by atoms with van der Waals surface area (Å²) in [4.78, 5) is 11.5. The van der Waals surface area contributed by atoms with Crippen molar-refractivity contribution in [3.8, 4) is 0 Å². The molecule has 0 spiro atoms. The summed E-state index contributed by atoms with van der Waals surface area (Å²) in [6.07, 6.45) is -0.980. The van der Waals surface area contributed by atoms with Crippen LogP contribution in [0.4, 0.5) is 30.7 Å². The fourth-order valence-electron chi connectivity index (χ4n) is 2.49. The van der Waals surface area contributed by atoms with Crippen LogP contribution in [-0.4, -0.2) is 51.2 Å². The number of carbonyl (C=O) groups is 1. The third kappa shape index (κ3) is 5.23. The molecule has 0 aromatic rings. The monoisotopic (exact) mass is 452 g/mol. The summed E-state index contributed by atoms with van der Waals surface area (Å²) in [6, 6.07) is 0. The van der Waals surface area contributed by atoms with E-state index in [1.807, 2.05) is 0 Å². The van der Waals surface area contributed by atoms with Crippen LogP contribution in [0.1, 0.15) is 32.1 Å². The molecule has 0 aromatic carbocycles. The van der Waals surface area contributed by atoms with Crippen molar-refractivity contribution in [2.24, 2.45) is 5.92 Å². The third-order valence-electron chi connectivity index (χ3n) is 3.91. The number of ether oxygens (including phenoxy) is 1. The summed E-state index contributed by atoms with van der Waals surface area (Å²) in [6.45, 7) is -0.579. The maximum absolute atomic E-state index is 14.0. The van der Waals surface area contributed by atoms with Gasteiger partial charge in [-0.2, -0.15) is 26.3 Å². The first-order chi connectivity index (χ1) is 12.0. The lowest BCUT2D eigenvalue weighted by atomic mass is 9.90. The number of hydrogen-bond donors (Lipinski definition) is 0. The van der Waals surface area contributed by atoms with Gasteiger partial charge in [-0.25, -0.2) is 26.0 Å². The van der Waals surface area contributed by atoms with Gasteiger partial charge in [0.2, 0.25) is 10.8 Å². The lowest BCUT2D eigenvalue weighted by Gasteiger charge is -2.24. The molecule has 0 bridgehead atoms. The van der Waals surface area contributed by atoms with Gasteiger partial charge in [-0.1, -0.05) is 19.3 Å². The molecule has 0 aromatic heterocycles. The largest absolute Gasteiger partial charge is 0.498 e. The van der Waals surface area contributed by atoms with Crippen molar-refractivity contribution in [1.29, 1.82) is 0 Å². The minimum atomic E-state index is -7.25. The van der Waals surface area contributed by atoms with E-state index >= 15 is 0 Å². The predicted octanol–water partition coefficient (Wildman–Crippen LogP) is 2.64. The van der Waals surface area contributed by atoms with E-state index in [0.29, 0.717) is 25.7 Å². The van der Waals surface area contributed by atoms with Crippen molar-refractivity contribution >= 4 is 25.6 Å². The third-order valence-corrected chi connectivity index (χ3v) is 8.42. The Morgan fingerprint density at radius 2 is 1.30 bits per heavy atom. The Morgan fingerprint density at radius 3 is 1.67 bits per heavy atom. The molecule has 160 valence electrons. The smallest absolute Gasteiger partial charge is 0.463 e. The molecule has 27 heavy (non-hydrogen) atoms. The number of esters is 1. The number of rotatable bonds is 6. The molecule has 1 aliphatic rings. The number of carbonyl (C=O) groups excluding carboxylic acids is 1. The van der Waals surface area contributed by atoms with Gasteiger partial charge in [-0.15, -0.1) is 0 Å². The van der Waals surface area contributed by atoms with Gasteiger partial charge >= 0.3 is 17.0 Å². The highest BCUT2D eigenvalue weighted by atomic mass is 32.3. The van der Waals surface area contributed by atoms with Crippen molar-refractivity contribution in [2.75, 3.05) is 6.61 Å². The van der Waals surface area contributed by atoms with Crippen LogP contribution in [0.25, 0.3) is 0 Å². The van der Waals surface area contributed by atoms with Crippen LogP contribution in [0.2, 0.25) is 0 Å². The molecular formula is C12H15F7O6S2. The average molecular weight is 452 g/mol. The predicted molar refractivity (Wildman–Crippen MR) is 76.2 cm³/mol. The normalized spacial score (nSPS) is 19.1. The van der Waals surface area contributed by atoms with E-state index in [1.54, 1.807) is 0 Å². The summed E-state index contributed by atoms with van der Waals surface area (Å²) in [7, 11) is -14.5. The van der Waals surface area contributed by atoms with Crippen molar-refractivity contribution in [2.45, 2.75) is 53.9 Å². The molecule has 1 fully saturated rings. The van der Waals surface area contributed by atoms with Crippen LogP contribution in [0, 0.1) is 5.92 Å². The molecule has 0 aliphatic heterocycles. The quantitative estimate of drug-likeness (QED) is 0.454. The molecule has 1 rings (SSSR count). The molecular weight excluding hydrogens is 437 g/mol. The minimum Gasteiger partial charge on any atom is -0.463 e. The molecule has 0 heterocycles. The lowest BCUT2D eigenvalue weighted by Crippen LogP contribution is -2.52. The molecule has 1 atom stereocenters. The SMILES string of the molecule is O=C(OCC1CCCCC1)C(F)C(S(=O)(=O)C(F)(F)F)S(=O)(=O)C(F)(F)F. The Balaban J connectivity index is 3.17. The van der Waals surface area contributed by atoms with E-state index in [2.05, 4.69) is 4.74 Å². The highest BCUT2D eigenvalue weighted by Gasteiger charge is 2.67. The molecule has 0 saturated heterocycles.